The molecule has 8 heteroatoms. The Morgan fingerprint density at radius 2 is 2.00 bits per heavy atom. The number of aromatic nitrogens is 4. The highest BCUT2D eigenvalue weighted by Gasteiger charge is 2.28. The smallest absolute Gasteiger partial charge is 0.233 e. The second kappa shape index (κ2) is 7.39. The minimum absolute atomic E-state index is 0.157. The van der Waals surface area contributed by atoms with E-state index < -0.39 is 0 Å². The summed E-state index contributed by atoms with van der Waals surface area (Å²) in [5.41, 5.74) is 2.62. The number of hydrogen-bond donors (Lipinski definition) is 0. The Morgan fingerprint density at radius 1 is 1.26 bits per heavy atom. The van der Waals surface area contributed by atoms with Crippen molar-refractivity contribution in [1.82, 2.24) is 24.6 Å². The van der Waals surface area contributed by atoms with Crippen molar-refractivity contribution in [2.45, 2.75) is 50.4 Å². The molecule has 2 aromatic heterocycles. The maximum Gasteiger partial charge on any atom is 0.233 e. The summed E-state index contributed by atoms with van der Waals surface area (Å²) in [7, 11) is 1.98. The summed E-state index contributed by atoms with van der Waals surface area (Å²) in [5, 5.41) is 10.2. The van der Waals surface area contributed by atoms with Crippen molar-refractivity contribution < 1.29 is 4.79 Å². The Kier molecular flexibility index (Phi) is 5.11. The zero-order valence-electron chi connectivity index (χ0n) is 15.6. The Morgan fingerprint density at radius 3 is 2.74 bits per heavy atom. The van der Waals surface area contributed by atoms with Gasteiger partial charge in [-0.2, -0.15) is 0 Å². The lowest BCUT2D eigenvalue weighted by Crippen LogP contribution is -2.48. The van der Waals surface area contributed by atoms with Crippen LogP contribution in [0.4, 0.5) is 0 Å². The number of likely N-dealkylation sites (tertiary alicyclic amines) is 1. The molecule has 0 bridgehead atoms. The van der Waals surface area contributed by atoms with E-state index in [0.717, 1.165) is 39.4 Å². The molecule has 0 aliphatic carbocycles. The standard InChI is InChI=1S/C19H22BrN5OS/c1-11-5-4-6-12(2)25(11)16(26)10-27-19-21-18-17(22-23-19)14-9-13(20)7-8-15(14)24(18)3/h7-9,11-12H,4-6,10H2,1-3H3. The van der Waals surface area contributed by atoms with Crippen LogP contribution in [0.2, 0.25) is 0 Å². The number of hydrogen-bond acceptors (Lipinski definition) is 5. The van der Waals surface area contributed by atoms with Gasteiger partial charge in [-0.25, -0.2) is 4.98 Å². The number of fused-ring (bicyclic) bond motifs is 3. The molecule has 0 N–H and O–H groups in total. The van der Waals surface area contributed by atoms with E-state index in [0.29, 0.717) is 23.0 Å². The molecule has 4 rings (SSSR count). The second-order valence-electron chi connectivity index (χ2n) is 7.21. The third-order valence-electron chi connectivity index (χ3n) is 5.35. The number of halogens is 1. The van der Waals surface area contributed by atoms with E-state index in [1.807, 2.05) is 34.7 Å². The maximum absolute atomic E-state index is 12.7. The first-order valence-electron chi connectivity index (χ1n) is 9.18. The van der Waals surface area contributed by atoms with Gasteiger partial charge in [0.15, 0.2) is 5.65 Å². The van der Waals surface area contributed by atoms with Crippen molar-refractivity contribution in [1.29, 1.82) is 0 Å². The number of carbonyl (C=O) groups excluding carboxylic acids is 1. The van der Waals surface area contributed by atoms with Gasteiger partial charge in [-0.1, -0.05) is 27.7 Å². The Hall–Kier alpha value is -1.67. The number of nitrogens with zero attached hydrogens (tertiary/aromatic N) is 5. The van der Waals surface area contributed by atoms with Gasteiger partial charge >= 0.3 is 0 Å². The van der Waals surface area contributed by atoms with Crippen LogP contribution in [0.25, 0.3) is 22.1 Å². The van der Waals surface area contributed by atoms with Crippen molar-refractivity contribution in [3.63, 3.8) is 0 Å². The average Bonchev–Trinajstić information content (AvgIpc) is 2.91. The molecule has 1 aromatic carbocycles. The first-order valence-corrected chi connectivity index (χ1v) is 11.0. The third-order valence-corrected chi connectivity index (χ3v) is 6.66. The Labute approximate surface area is 170 Å². The van der Waals surface area contributed by atoms with Gasteiger partial charge in [-0.3, -0.25) is 4.79 Å². The average molecular weight is 448 g/mol. The van der Waals surface area contributed by atoms with Gasteiger partial charge in [0.25, 0.3) is 0 Å². The minimum Gasteiger partial charge on any atom is -0.337 e. The lowest BCUT2D eigenvalue weighted by Gasteiger charge is -2.39. The van der Waals surface area contributed by atoms with E-state index >= 15 is 0 Å². The van der Waals surface area contributed by atoms with Crippen LogP contribution in [0.15, 0.2) is 27.8 Å². The predicted octanol–water partition coefficient (Wildman–Crippen LogP) is 4.16. The van der Waals surface area contributed by atoms with Crippen LogP contribution < -0.4 is 0 Å². The summed E-state index contributed by atoms with van der Waals surface area (Å²) in [6.45, 7) is 4.27. The van der Waals surface area contributed by atoms with Crippen LogP contribution in [-0.2, 0) is 11.8 Å². The first-order chi connectivity index (χ1) is 13.0. The fourth-order valence-corrected chi connectivity index (χ4v) is 5.00. The minimum atomic E-state index is 0.157. The number of aryl methyl sites for hydroxylation is 1. The number of rotatable bonds is 3. The van der Waals surface area contributed by atoms with E-state index in [1.54, 1.807) is 0 Å². The number of benzene rings is 1. The summed E-state index contributed by atoms with van der Waals surface area (Å²) < 4.78 is 3.02. The maximum atomic E-state index is 12.7. The summed E-state index contributed by atoms with van der Waals surface area (Å²) >= 11 is 4.87. The zero-order chi connectivity index (χ0) is 19.1. The number of carbonyl (C=O) groups is 1. The monoisotopic (exact) mass is 447 g/mol. The molecule has 27 heavy (non-hydrogen) atoms. The van der Waals surface area contributed by atoms with Gasteiger partial charge in [0.2, 0.25) is 11.1 Å². The summed E-state index contributed by atoms with van der Waals surface area (Å²) in [6, 6.07) is 6.69. The molecule has 1 aliphatic rings. The lowest BCUT2D eigenvalue weighted by molar-refractivity contribution is -0.134. The van der Waals surface area contributed by atoms with Gasteiger partial charge in [0, 0.05) is 29.0 Å². The molecule has 0 spiro atoms. The van der Waals surface area contributed by atoms with Gasteiger partial charge in [0.05, 0.1) is 11.3 Å². The highest BCUT2D eigenvalue weighted by Crippen LogP contribution is 2.29. The normalized spacial score (nSPS) is 20.5. The van der Waals surface area contributed by atoms with Crippen LogP contribution in [0.3, 0.4) is 0 Å². The van der Waals surface area contributed by atoms with Crippen LogP contribution in [0.1, 0.15) is 33.1 Å². The van der Waals surface area contributed by atoms with E-state index in [4.69, 9.17) is 0 Å². The summed E-state index contributed by atoms with van der Waals surface area (Å²) in [6.07, 6.45) is 3.35. The molecule has 1 amide bonds. The number of thioether (sulfide) groups is 1. The van der Waals surface area contributed by atoms with Crippen molar-refractivity contribution in [2.75, 3.05) is 5.75 Å². The molecule has 142 valence electrons. The van der Waals surface area contributed by atoms with E-state index in [9.17, 15) is 4.79 Å². The largest absolute Gasteiger partial charge is 0.337 e. The topological polar surface area (TPSA) is 63.9 Å². The zero-order valence-corrected chi connectivity index (χ0v) is 18.0. The van der Waals surface area contributed by atoms with Crippen molar-refractivity contribution in [3.05, 3.63) is 22.7 Å². The van der Waals surface area contributed by atoms with E-state index in [1.165, 1.54) is 18.2 Å². The molecule has 1 aliphatic heterocycles. The predicted molar refractivity (Wildman–Crippen MR) is 112 cm³/mol. The lowest BCUT2D eigenvalue weighted by atomic mass is 9.98. The van der Waals surface area contributed by atoms with Gasteiger partial charge < -0.3 is 9.47 Å². The highest BCUT2D eigenvalue weighted by molar-refractivity contribution is 9.10. The van der Waals surface area contributed by atoms with Crippen LogP contribution >= 0.6 is 27.7 Å². The van der Waals surface area contributed by atoms with Crippen molar-refractivity contribution >= 4 is 55.7 Å². The van der Waals surface area contributed by atoms with Gasteiger partial charge in [-0.15, -0.1) is 10.2 Å². The molecule has 3 heterocycles. The molecular weight excluding hydrogens is 426 g/mol. The summed E-state index contributed by atoms with van der Waals surface area (Å²) in [5.74, 6) is 0.501. The quantitative estimate of drug-likeness (QED) is 0.563. The molecule has 2 unspecified atom stereocenters. The molecule has 0 radical (unpaired) electrons. The number of piperidine rings is 1. The molecule has 0 saturated carbocycles. The second-order valence-corrected chi connectivity index (χ2v) is 9.06. The fraction of sp³-hybridized carbons (Fsp3) is 0.474. The Balaban J connectivity index is 1.57. The number of amides is 1. The highest BCUT2D eigenvalue weighted by atomic mass is 79.9. The molecular formula is C19H22BrN5OS. The van der Waals surface area contributed by atoms with Crippen LogP contribution in [0.5, 0.6) is 0 Å². The Bertz CT molecular complexity index is 1010. The molecule has 2 atom stereocenters. The molecule has 6 nitrogen and oxygen atoms in total. The van der Waals surface area contributed by atoms with Gasteiger partial charge in [0.1, 0.15) is 5.52 Å². The van der Waals surface area contributed by atoms with Crippen molar-refractivity contribution in [2.24, 2.45) is 7.05 Å². The molecule has 3 aromatic rings. The summed E-state index contributed by atoms with van der Waals surface area (Å²) in [4.78, 5) is 19.4. The van der Waals surface area contributed by atoms with Gasteiger partial charge in [-0.05, 0) is 51.3 Å². The first kappa shape index (κ1) is 18.7. The SMILES string of the molecule is CC1CCCC(C)N1C(=O)CSc1nnc2c3cc(Br)ccc3n(C)c2n1. The third kappa shape index (κ3) is 3.45. The van der Waals surface area contributed by atoms with Crippen LogP contribution in [0, 0.1) is 0 Å². The van der Waals surface area contributed by atoms with E-state index in [2.05, 4.69) is 45.0 Å². The van der Waals surface area contributed by atoms with Crippen LogP contribution in [-0.4, -0.2) is 48.4 Å². The molecule has 1 saturated heterocycles. The van der Waals surface area contributed by atoms with Crippen molar-refractivity contribution in [3.8, 4) is 0 Å². The molecule has 1 fully saturated rings. The fourth-order valence-electron chi connectivity index (χ4n) is 3.99. The van der Waals surface area contributed by atoms with E-state index in [-0.39, 0.29) is 5.91 Å².